The van der Waals surface area contributed by atoms with Gasteiger partial charge in [0, 0.05) is 44.2 Å². The summed E-state index contributed by atoms with van der Waals surface area (Å²) in [6.45, 7) is 7.11. The smallest absolute Gasteiger partial charge is 0.140 e. The summed E-state index contributed by atoms with van der Waals surface area (Å²) in [4.78, 5) is 2.46. The molecule has 0 fully saturated rings. The molecule has 2 aliphatic carbocycles. The van der Waals surface area contributed by atoms with Gasteiger partial charge in [-0.2, -0.15) is 0 Å². The van der Waals surface area contributed by atoms with Gasteiger partial charge in [-0.05, 0) is 116 Å². The molecule has 9 aromatic carbocycles. The third-order valence-corrected chi connectivity index (χ3v) is 13.8. The fraction of sp³-hybridized carbons (Fsp3) is 0.0847. The number of furan rings is 1. The van der Waals surface area contributed by atoms with Crippen molar-refractivity contribution in [1.29, 1.82) is 0 Å². The summed E-state index contributed by atoms with van der Waals surface area (Å²) in [6, 6.07) is 75.6. The highest BCUT2D eigenvalue weighted by Crippen LogP contribution is 2.56. The number of para-hydroxylation sites is 1. The van der Waals surface area contributed by atoms with Crippen molar-refractivity contribution in [3.05, 3.63) is 234 Å². The van der Waals surface area contributed by atoms with Gasteiger partial charge in [-0.1, -0.05) is 178 Å². The Balaban J connectivity index is 1.08. The lowest BCUT2D eigenvalue weighted by atomic mass is 9.73. The van der Waals surface area contributed by atoms with Gasteiger partial charge < -0.3 is 9.32 Å². The van der Waals surface area contributed by atoms with E-state index in [1.165, 1.54) is 66.8 Å². The maximum absolute atomic E-state index is 6.94. The van der Waals surface area contributed by atoms with Gasteiger partial charge in [0.2, 0.25) is 0 Å². The van der Waals surface area contributed by atoms with E-state index in [2.05, 4.69) is 232 Å². The van der Waals surface area contributed by atoms with Crippen LogP contribution in [-0.4, -0.2) is 0 Å². The molecule has 0 saturated carbocycles. The van der Waals surface area contributed by atoms with Gasteiger partial charge in [-0.3, -0.25) is 0 Å². The van der Waals surface area contributed by atoms with Crippen LogP contribution in [-0.2, 0) is 10.8 Å². The molecule has 0 unspecified atom stereocenters. The second kappa shape index (κ2) is 13.3. The first-order valence-electron chi connectivity index (χ1n) is 21.3. The zero-order valence-electron chi connectivity index (χ0n) is 34.5. The van der Waals surface area contributed by atoms with E-state index in [0.717, 1.165) is 44.6 Å². The van der Waals surface area contributed by atoms with Crippen LogP contribution in [0, 0.1) is 0 Å². The van der Waals surface area contributed by atoms with Crippen LogP contribution < -0.4 is 4.90 Å². The summed E-state index contributed by atoms with van der Waals surface area (Å²) in [6.07, 6.45) is 0. The van der Waals surface area contributed by atoms with Crippen molar-refractivity contribution in [1.82, 2.24) is 0 Å². The summed E-state index contributed by atoms with van der Waals surface area (Å²) < 4.78 is 6.94. The van der Waals surface area contributed by atoms with Gasteiger partial charge in [0.25, 0.3) is 0 Å². The Hall–Kier alpha value is -7.42. The highest BCUT2D eigenvalue weighted by molar-refractivity contribution is 6.09. The summed E-state index contributed by atoms with van der Waals surface area (Å²) >= 11 is 0. The van der Waals surface area contributed by atoms with Crippen LogP contribution in [0.4, 0.5) is 17.1 Å². The Kier molecular flexibility index (Phi) is 7.74. The number of anilines is 3. The number of fused-ring (bicyclic) bond motifs is 9. The van der Waals surface area contributed by atoms with Crippen molar-refractivity contribution in [3.63, 3.8) is 0 Å². The number of benzene rings is 9. The average molecular weight is 782 g/mol. The second-order valence-corrected chi connectivity index (χ2v) is 17.4. The first-order chi connectivity index (χ1) is 29.9. The predicted molar refractivity (Wildman–Crippen MR) is 254 cm³/mol. The van der Waals surface area contributed by atoms with E-state index in [9.17, 15) is 0 Å². The Bertz CT molecular complexity index is 3290. The topological polar surface area (TPSA) is 16.4 Å². The zero-order chi connectivity index (χ0) is 40.9. The molecular weight excluding hydrogens is 739 g/mol. The molecule has 10 aromatic rings. The Morgan fingerprint density at radius 2 is 0.820 bits per heavy atom. The van der Waals surface area contributed by atoms with Gasteiger partial charge in [0.15, 0.2) is 0 Å². The van der Waals surface area contributed by atoms with Gasteiger partial charge in [-0.25, -0.2) is 0 Å². The average Bonchev–Trinajstić information content (AvgIpc) is 3.90. The van der Waals surface area contributed by atoms with Gasteiger partial charge in [0.05, 0.1) is 0 Å². The monoisotopic (exact) mass is 781 g/mol. The lowest BCUT2D eigenvalue weighted by molar-refractivity contribution is 0.638. The third kappa shape index (κ3) is 5.28. The van der Waals surface area contributed by atoms with Crippen LogP contribution in [0.5, 0.6) is 0 Å². The van der Waals surface area contributed by atoms with Crippen LogP contribution in [0.2, 0.25) is 0 Å². The minimum absolute atomic E-state index is 0.149. The molecule has 2 heteroatoms. The minimum Gasteiger partial charge on any atom is -0.456 e. The van der Waals surface area contributed by atoms with Gasteiger partial charge in [0.1, 0.15) is 11.2 Å². The predicted octanol–water partition coefficient (Wildman–Crippen LogP) is 16.0. The molecule has 12 rings (SSSR count). The number of rotatable bonds is 6. The normalized spacial score (nSPS) is 14.1. The third-order valence-electron chi connectivity index (χ3n) is 13.8. The van der Waals surface area contributed by atoms with Crippen LogP contribution in [0.1, 0.15) is 48.6 Å². The maximum Gasteiger partial charge on any atom is 0.140 e. The number of hydrogen-bond donors (Lipinski definition) is 0. The molecule has 0 spiro atoms. The highest BCUT2D eigenvalue weighted by Gasteiger charge is 2.43. The summed E-state index contributed by atoms with van der Waals surface area (Å²) in [7, 11) is 0. The molecule has 2 aliphatic rings. The fourth-order valence-electron chi connectivity index (χ4n) is 10.6. The molecule has 0 saturated heterocycles. The molecule has 290 valence electrons. The summed E-state index contributed by atoms with van der Waals surface area (Å²) in [5, 5.41) is 2.23. The zero-order valence-corrected chi connectivity index (χ0v) is 34.5. The molecule has 0 amide bonds. The van der Waals surface area contributed by atoms with E-state index in [0.29, 0.717) is 0 Å². The first kappa shape index (κ1) is 35.5. The first-order valence-corrected chi connectivity index (χ1v) is 21.3. The SMILES string of the molecule is CC1(C)c2ccccc2-c2ccc(N(c3ccc(-c4ccc(-c5ccccc5)cc4)cc3)c3cc(C4(C)c5ccccc5-c5ccccc54)c4oc5ccccc5c4c3)cc21. The molecule has 0 bridgehead atoms. The van der Waals surface area contributed by atoms with E-state index < -0.39 is 5.41 Å². The molecule has 1 heterocycles. The fourth-order valence-corrected chi connectivity index (χ4v) is 10.6. The van der Waals surface area contributed by atoms with E-state index >= 15 is 0 Å². The van der Waals surface area contributed by atoms with Crippen molar-refractivity contribution in [2.24, 2.45) is 0 Å². The molecule has 1 aromatic heterocycles. The van der Waals surface area contributed by atoms with Crippen LogP contribution in [0.15, 0.2) is 211 Å². The van der Waals surface area contributed by atoms with Crippen molar-refractivity contribution >= 4 is 39.0 Å². The molecule has 2 nitrogen and oxygen atoms in total. The van der Waals surface area contributed by atoms with Crippen LogP contribution >= 0.6 is 0 Å². The molecule has 0 radical (unpaired) electrons. The second-order valence-electron chi connectivity index (χ2n) is 17.4. The van der Waals surface area contributed by atoms with Crippen molar-refractivity contribution in [2.45, 2.75) is 31.6 Å². The van der Waals surface area contributed by atoms with Gasteiger partial charge in [-0.15, -0.1) is 0 Å². The maximum atomic E-state index is 6.94. The molecule has 0 N–H and O–H groups in total. The van der Waals surface area contributed by atoms with E-state index in [1.54, 1.807) is 0 Å². The van der Waals surface area contributed by atoms with Crippen molar-refractivity contribution < 1.29 is 4.42 Å². The largest absolute Gasteiger partial charge is 0.456 e. The highest BCUT2D eigenvalue weighted by atomic mass is 16.3. The standard InChI is InChI=1S/C59H43NO/c1-58(2)51-21-11-7-17-45(51)48-34-33-43(36-54(48)58)60(42-31-29-41(30-32-42)40-27-25-39(26-28-40)38-15-5-4-6-16-38)44-35-50-49-20-10-14-24-56(49)61-57(50)55(37-44)59(3)52-22-12-8-18-46(52)47-19-9-13-23-53(47)59/h4-37H,1-3H3. The molecule has 61 heavy (non-hydrogen) atoms. The quantitative estimate of drug-likeness (QED) is 0.167. The Morgan fingerprint density at radius 3 is 1.48 bits per heavy atom. The summed E-state index contributed by atoms with van der Waals surface area (Å²) in [5.74, 6) is 0. The lowest BCUT2D eigenvalue weighted by Crippen LogP contribution is -2.23. The van der Waals surface area contributed by atoms with Crippen LogP contribution in [0.3, 0.4) is 0 Å². The minimum atomic E-state index is -0.474. The lowest BCUT2D eigenvalue weighted by Gasteiger charge is -2.32. The Morgan fingerprint density at radius 1 is 0.344 bits per heavy atom. The van der Waals surface area contributed by atoms with Crippen molar-refractivity contribution in [3.8, 4) is 44.5 Å². The molecule has 0 atom stereocenters. The van der Waals surface area contributed by atoms with E-state index in [-0.39, 0.29) is 5.41 Å². The number of hydrogen-bond acceptors (Lipinski definition) is 2. The van der Waals surface area contributed by atoms with Crippen molar-refractivity contribution in [2.75, 3.05) is 4.90 Å². The molecular formula is C59H43NO. The van der Waals surface area contributed by atoms with Crippen LogP contribution in [0.25, 0.3) is 66.4 Å². The Labute approximate surface area is 357 Å². The van der Waals surface area contributed by atoms with E-state index in [4.69, 9.17) is 4.42 Å². The van der Waals surface area contributed by atoms with Gasteiger partial charge >= 0.3 is 0 Å². The number of nitrogens with zero attached hydrogens (tertiary/aromatic N) is 1. The van der Waals surface area contributed by atoms with E-state index in [1.807, 2.05) is 0 Å². The summed E-state index contributed by atoms with van der Waals surface area (Å²) in [5.41, 5.74) is 20.9. The molecule has 0 aliphatic heterocycles.